The monoisotopic (exact) mass is 359 g/mol. The SMILES string of the molecule is CC1(NS(=O)(=O)c2ccccc2)CNCCCN1Cc1ccccc1. The third-order valence-electron chi connectivity index (χ3n) is 4.57. The Kier molecular flexibility index (Phi) is 5.54. The van der Waals surface area contributed by atoms with Crippen LogP contribution >= 0.6 is 0 Å². The highest BCUT2D eigenvalue weighted by atomic mass is 32.2. The van der Waals surface area contributed by atoms with Gasteiger partial charge in [0.2, 0.25) is 10.0 Å². The molecule has 6 heteroatoms. The van der Waals surface area contributed by atoms with E-state index in [2.05, 4.69) is 27.1 Å². The molecule has 1 fully saturated rings. The molecule has 5 nitrogen and oxygen atoms in total. The van der Waals surface area contributed by atoms with Gasteiger partial charge in [-0.2, -0.15) is 4.72 Å². The van der Waals surface area contributed by atoms with E-state index in [9.17, 15) is 8.42 Å². The van der Waals surface area contributed by atoms with Gasteiger partial charge in [0.25, 0.3) is 0 Å². The molecule has 1 heterocycles. The molecule has 0 spiro atoms. The second-order valence-electron chi connectivity index (χ2n) is 6.63. The van der Waals surface area contributed by atoms with Gasteiger partial charge in [-0.05, 0) is 37.6 Å². The number of rotatable bonds is 5. The molecule has 1 aliphatic heterocycles. The first-order chi connectivity index (χ1) is 12.0. The zero-order valence-corrected chi connectivity index (χ0v) is 15.3. The van der Waals surface area contributed by atoms with Gasteiger partial charge in [-0.25, -0.2) is 8.42 Å². The van der Waals surface area contributed by atoms with Gasteiger partial charge in [-0.15, -0.1) is 0 Å². The highest BCUT2D eigenvalue weighted by Gasteiger charge is 2.37. The summed E-state index contributed by atoms with van der Waals surface area (Å²) in [6.45, 7) is 4.93. The normalized spacial score (nSPS) is 22.4. The maximum atomic E-state index is 12.9. The minimum Gasteiger partial charge on any atom is -0.313 e. The third kappa shape index (κ3) is 4.46. The molecule has 0 saturated carbocycles. The van der Waals surface area contributed by atoms with Crippen molar-refractivity contribution in [2.45, 2.75) is 30.4 Å². The molecule has 0 aliphatic carbocycles. The Bertz CT molecular complexity index is 781. The summed E-state index contributed by atoms with van der Waals surface area (Å²) in [4.78, 5) is 2.50. The van der Waals surface area contributed by atoms with Crippen molar-refractivity contribution in [1.82, 2.24) is 14.9 Å². The number of sulfonamides is 1. The number of nitrogens with one attached hydrogen (secondary N) is 2. The van der Waals surface area contributed by atoms with E-state index < -0.39 is 15.7 Å². The maximum Gasteiger partial charge on any atom is 0.242 e. The van der Waals surface area contributed by atoms with Crippen LogP contribution in [0.25, 0.3) is 0 Å². The van der Waals surface area contributed by atoms with Crippen LogP contribution in [0.1, 0.15) is 18.9 Å². The van der Waals surface area contributed by atoms with Crippen molar-refractivity contribution in [3.63, 3.8) is 0 Å². The van der Waals surface area contributed by atoms with Gasteiger partial charge in [-0.1, -0.05) is 48.5 Å². The molecule has 25 heavy (non-hydrogen) atoms. The highest BCUT2D eigenvalue weighted by molar-refractivity contribution is 7.89. The van der Waals surface area contributed by atoms with Crippen molar-refractivity contribution in [2.24, 2.45) is 0 Å². The van der Waals surface area contributed by atoms with E-state index in [0.29, 0.717) is 18.0 Å². The summed E-state index contributed by atoms with van der Waals surface area (Å²) < 4.78 is 28.6. The first kappa shape index (κ1) is 18.1. The largest absolute Gasteiger partial charge is 0.313 e. The second-order valence-corrected chi connectivity index (χ2v) is 8.31. The van der Waals surface area contributed by atoms with Gasteiger partial charge in [0, 0.05) is 19.6 Å². The molecular weight excluding hydrogens is 334 g/mol. The maximum absolute atomic E-state index is 12.9. The number of nitrogens with zero attached hydrogens (tertiary/aromatic N) is 1. The Morgan fingerprint density at radius 2 is 1.72 bits per heavy atom. The van der Waals surface area contributed by atoms with E-state index in [0.717, 1.165) is 19.5 Å². The van der Waals surface area contributed by atoms with Gasteiger partial charge in [0.1, 0.15) is 0 Å². The number of hydrogen-bond donors (Lipinski definition) is 2. The van der Waals surface area contributed by atoms with Crippen LogP contribution < -0.4 is 10.0 Å². The van der Waals surface area contributed by atoms with Gasteiger partial charge >= 0.3 is 0 Å². The standard InChI is InChI=1S/C19H25N3O2S/c1-19(21-25(23,24)18-11-6-3-7-12-18)16-20-13-8-14-22(19)15-17-9-4-2-5-10-17/h2-7,9-12,20-21H,8,13-16H2,1H3. The molecule has 0 aromatic heterocycles. The molecule has 1 atom stereocenters. The van der Waals surface area contributed by atoms with Crippen LogP contribution in [0.5, 0.6) is 0 Å². The van der Waals surface area contributed by atoms with Crippen LogP contribution in [0, 0.1) is 0 Å². The highest BCUT2D eigenvalue weighted by Crippen LogP contribution is 2.21. The van der Waals surface area contributed by atoms with Crippen molar-refractivity contribution >= 4 is 10.0 Å². The summed E-state index contributed by atoms with van der Waals surface area (Å²) >= 11 is 0. The van der Waals surface area contributed by atoms with E-state index in [-0.39, 0.29) is 0 Å². The van der Waals surface area contributed by atoms with Crippen LogP contribution in [-0.2, 0) is 16.6 Å². The lowest BCUT2D eigenvalue weighted by Crippen LogP contribution is -2.61. The zero-order valence-electron chi connectivity index (χ0n) is 14.5. The lowest BCUT2D eigenvalue weighted by Gasteiger charge is -2.40. The van der Waals surface area contributed by atoms with E-state index in [1.807, 2.05) is 31.2 Å². The summed E-state index contributed by atoms with van der Waals surface area (Å²) in [6.07, 6.45) is 0.982. The Labute approximate surface area is 150 Å². The van der Waals surface area contributed by atoms with Crippen LogP contribution in [0.15, 0.2) is 65.6 Å². The lowest BCUT2D eigenvalue weighted by atomic mass is 10.1. The van der Waals surface area contributed by atoms with Gasteiger partial charge in [0.15, 0.2) is 0 Å². The Hall–Kier alpha value is -1.73. The summed E-state index contributed by atoms with van der Waals surface area (Å²) in [6, 6.07) is 18.7. The number of hydrogen-bond acceptors (Lipinski definition) is 4. The minimum absolute atomic E-state index is 0.292. The molecule has 2 aromatic carbocycles. The fourth-order valence-corrected chi connectivity index (χ4v) is 4.60. The molecule has 0 bridgehead atoms. The van der Waals surface area contributed by atoms with Gasteiger partial charge in [-0.3, -0.25) is 4.90 Å². The first-order valence-electron chi connectivity index (χ1n) is 8.58. The van der Waals surface area contributed by atoms with Crippen molar-refractivity contribution in [2.75, 3.05) is 19.6 Å². The first-order valence-corrected chi connectivity index (χ1v) is 10.1. The predicted octanol–water partition coefficient (Wildman–Crippen LogP) is 2.18. The van der Waals surface area contributed by atoms with E-state index in [1.54, 1.807) is 24.3 Å². The van der Waals surface area contributed by atoms with E-state index in [4.69, 9.17) is 0 Å². The lowest BCUT2D eigenvalue weighted by molar-refractivity contribution is 0.0965. The van der Waals surface area contributed by atoms with Crippen molar-refractivity contribution in [3.8, 4) is 0 Å². The van der Waals surface area contributed by atoms with E-state index in [1.165, 1.54) is 5.56 Å². The zero-order chi connectivity index (χ0) is 17.8. The van der Waals surface area contributed by atoms with Crippen LogP contribution in [0.2, 0.25) is 0 Å². The molecule has 0 radical (unpaired) electrons. The van der Waals surface area contributed by atoms with Crippen LogP contribution in [0.4, 0.5) is 0 Å². The molecule has 0 amide bonds. The summed E-state index contributed by atoms with van der Waals surface area (Å²) in [5.41, 5.74) is 0.482. The fraction of sp³-hybridized carbons (Fsp3) is 0.368. The number of benzene rings is 2. The summed E-state index contributed by atoms with van der Waals surface area (Å²) in [5.74, 6) is 0. The van der Waals surface area contributed by atoms with Gasteiger partial charge < -0.3 is 5.32 Å². The average Bonchev–Trinajstić information content (AvgIpc) is 2.78. The van der Waals surface area contributed by atoms with Crippen LogP contribution in [-0.4, -0.2) is 38.6 Å². The smallest absolute Gasteiger partial charge is 0.242 e. The average molecular weight is 359 g/mol. The predicted molar refractivity (Wildman–Crippen MR) is 99.5 cm³/mol. The minimum atomic E-state index is -3.59. The van der Waals surface area contributed by atoms with Crippen LogP contribution in [0.3, 0.4) is 0 Å². The quantitative estimate of drug-likeness (QED) is 0.859. The molecule has 1 unspecified atom stereocenters. The fourth-order valence-electron chi connectivity index (χ4n) is 3.19. The van der Waals surface area contributed by atoms with Crippen molar-refractivity contribution in [3.05, 3.63) is 66.2 Å². The molecule has 2 aromatic rings. The summed E-state index contributed by atoms with van der Waals surface area (Å²) in [7, 11) is -3.59. The summed E-state index contributed by atoms with van der Waals surface area (Å²) in [5, 5.41) is 3.36. The third-order valence-corrected chi connectivity index (χ3v) is 6.17. The Morgan fingerprint density at radius 1 is 1.08 bits per heavy atom. The van der Waals surface area contributed by atoms with Crippen molar-refractivity contribution < 1.29 is 8.42 Å². The molecule has 2 N–H and O–H groups in total. The Morgan fingerprint density at radius 3 is 2.40 bits per heavy atom. The second kappa shape index (κ2) is 7.66. The van der Waals surface area contributed by atoms with Gasteiger partial charge in [0.05, 0.1) is 10.6 Å². The molecule has 134 valence electrons. The molecule has 3 rings (SSSR count). The molecule has 1 saturated heterocycles. The molecule has 1 aliphatic rings. The molecular formula is C19H25N3O2S. The topological polar surface area (TPSA) is 61.4 Å². The van der Waals surface area contributed by atoms with Crippen molar-refractivity contribution in [1.29, 1.82) is 0 Å². The van der Waals surface area contributed by atoms with E-state index >= 15 is 0 Å². The Balaban J connectivity index is 1.86.